The molecule has 2 N–H and O–H groups in total. The van der Waals surface area contributed by atoms with Crippen LogP contribution in [0.2, 0.25) is 0 Å². The van der Waals surface area contributed by atoms with Crippen LogP contribution in [0.1, 0.15) is 32.0 Å². The highest BCUT2D eigenvalue weighted by atomic mass is 32.1. The lowest BCUT2D eigenvalue weighted by molar-refractivity contribution is -0.124. The van der Waals surface area contributed by atoms with Gasteiger partial charge in [-0.25, -0.2) is 4.98 Å². The fourth-order valence-corrected chi connectivity index (χ4v) is 2.46. The van der Waals surface area contributed by atoms with E-state index in [1.807, 2.05) is 45.2 Å². The van der Waals surface area contributed by atoms with E-state index in [9.17, 15) is 4.79 Å². The summed E-state index contributed by atoms with van der Waals surface area (Å²) in [5, 5.41) is 9.70. The fourth-order valence-electron chi connectivity index (χ4n) is 1.82. The quantitative estimate of drug-likeness (QED) is 0.622. The minimum absolute atomic E-state index is 0.00431. The Morgan fingerprint density at radius 2 is 2.04 bits per heavy atom. The van der Waals surface area contributed by atoms with Crippen LogP contribution in [0.5, 0.6) is 5.75 Å². The van der Waals surface area contributed by atoms with Crippen molar-refractivity contribution in [1.29, 1.82) is 0 Å². The monoisotopic (exact) mass is 346 g/mol. The summed E-state index contributed by atoms with van der Waals surface area (Å²) in [6, 6.07) is 7.35. The number of amides is 1. The summed E-state index contributed by atoms with van der Waals surface area (Å²) >= 11 is 1.51. The number of hydrazone groups is 1. The average Bonchev–Trinajstić information content (AvgIpc) is 2.90. The molecule has 1 heterocycles. The van der Waals surface area contributed by atoms with Crippen LogP contribution in [0.3, 0.4) is 0 Å². The lowest BCUT2D eigenvalue weighted by Crippen LogP contribution is -2.43. The molecule has 0 aliphatic heterocycles. The van der Waals surface area contributed by atoms with Gasteiger partial charge in [-0.3, -0.25) is 10.2 Å². The highest BCUT2D eigenvalue weighted by molar-refractivity contribution is 7.13. The minimum Gasteiger partial charge on any atom is -0.484 e. The van der Waals surface area contributed by atoms with Crippen molar-refractivity contribution in [2.75, 3.05) is 12.0 Å². The zero-order valence-electron chi connectivity index (χ0n) is 14.3. The van der Waals surface area contributed by atoms with Gasteiger partial charge in [-0.15, -0.1) is 11.3 Å². The van der Waals surface area contributed by atoms with Gasteiger partial charge in [0.2, 0.25) is 5.13 Å². The molecule has 128 valence electrons. The number of nitrogens with zero attached hydrogens (tertiary/aromatic N) is 2. The molecule has 1 amide bonds. The largest absolute Gasteiger partial charge is 0.484 e. The first-order chi connectivity index (χ1) is 11.3. The predicted molar refractivity (Wildman–Crippen MR) is 97.9 cm³/mol. The molecule has 7 heteroatoms. The smallest absolute Gasteiger partial charge is 0.258 e. The standard InChI is InChI=1S/C17H22N4O2S/c1-12-11-24-16(19-12)21-18-9-13-5-7-14(8-6-13)23-10-15(22)20-17(2,3)4/h5-9,11H,10H2,1-4H3,(H,19,21)(H,20,22). The van der Waals surface area contributed by atoms with Gasteiger partial charge in [0.15, 0.2) is 6.61 Å². The molecule has 2 rings (SSSR count). The summed E-state index contributed by atoms with van der Waals surface area (Å²) in [6.07, 6.45) is 1.70. The number of hydrogen-bond acceptors (Lipinski definition) is 6. The number of benzene rings is 1. The first-order valence-electron chi connectivity index (χ1n) is 7.57. The van der Waals surface area contributed by atoms with Crippen molar-refractivity contribution >= 4 is 28.6 Å². The maximum Gasteiger partial charge on any atom is 0.258 e. The topological polar surface area (TPSA) is 75.6 Å². The molecule has 0 bridgehead atoms. The van der Waals surface area contributed by atoms with E-state index in [1.165, 1.54) is 11.3 Å². The Morgan fingerprint density at radius 1 is 1.33 bits per heavy atom. The Hall–Kier alpha value is -2.41. The van der Waals surface area contributed by atoms with Crippen LogP contribution in [-0.2, 0) is 4.79 Å². The maximum atomic E-state index is 11.7. The number of ether oxygens (including phenoxy) is 1. The third kappa shape index (κ3) is 6.37. The van der Waals surface area contributed by atoms with Crippen LogP contribution in [0.4, 0.5) is 5.13 Å². The highest BCUT2D eigenvalue weighted by Crippen LogP contribution is 2.14. The van der Waals surface area contributed by atoms with Gasteiger partial charge < -0.3 is 10.1 Å². The SMILES string of the molecule is Cc1csc(NN=Cc2ccc(OCC(=O)NC(C)(C)C)cc2)n1. The molecule has 0 spiro atoms. The lowest BCUT2D eigenvalue weighted by atomic mass is 10.1. The van der Waals surface area contributed by atoms with Crippen LogP contribution in [0.25, 0.3) is 0 Å². The molecule has 0 saturated heterocycles. The van der Waals surface area contributed by atoms with E-state index >= 15 is 0 Å². The second-order valence-corrected chi connectivity index (χ2v) is 7.18. The summed E-state index contributed by atoms with van der Waals surface area (Å²) < 4.78 is 5.46. The van der Waals surface area contributed by atoms with Crippen molar-refractivity contribution in [3.8, 4) is 5.75 Å². The number of aromatic nitrogens is 1. The molecule has 1 aromatic heterocycles. The van der Waals surface area contributed by atoms with E-state index < -0.39 is 0 Å². The number of anilines is 1. The maximum absolute atomic E-state index is 11.7. The van der Waals surface area contributed by atoms with E-state index in [4.69, 9.17) is 4.74 Å². The van der Waals surface area contributed by atoms with Crippen molar-refractivity contribution < 1.29 is 9.53 Å². The first kappa shape index (κ1) is 17.9. The zero-order valence-corrected chi connectivity index (χ0v) is 15.1. The molecule has 24 heavy (non-hydrogen) atoms. The second-order valence-electron chi connectivity index (χ2n) is 6.32. The van der Waals surface area contributed by atoms with E-state index in [1.54, 1.807) is 18.3 Å². The Bertz CT molecular complexity index is 702. The number of rotatable bonds is 6. The predicted octanol–water partition coefficient (Wildman–Crippen LogP) is 3.19. The van der Waals surface area contributed by atoms with Crippen molar-refractivity contribution in [3.05, 3.63) is 40.9 Å². The van der Waals surface area contributed by atoms with E-state index in [0.29, 0.717) is 5.75 Å². The third-order valence-electron chi connectivity index (χ3n) is 2.76. The highest BCUT2D eigenvalue weighted by Gasteiger charge is 2.13. The Morgan fingerprint density at radius 3 is 2.62 bits per heavy atom. The Labute approximate surface area is 146 Å². The molecule has 1 aromatic carbocycles. The summed E-state index contributed by atoms with van der Waals surface area (Å²) in [4.78, 5) is 16.0. The molecule has 2 aromatic rings. The Balaban J connectivity index is 1.81. The van der Waals surface area contributed by atoms with Gasteiger partial charge in [-0.1, -0.05) is 0 Å². The van der Waals surface area contributed by atoms with Crippen molar-refractivity contribution in [2.24, 2.45) is 5.10 Å². The average molecular weight is 346 g/mol. The number of nitrogens with one attached hydrogen (secondary N) is 2. The number of aryl methyl sites for hydroxylation is 1. The molecular weight excluding hydrogens is 324 g/mol. The normalized spacial score (nSPS) is 11.5. The first-order valence-corrected chi connectivity index (χ1v) is 8.45. The second kappa shape index (κ2) is 7.92. The molecule has 0 radical (unpaired) electrons. The third-order valence-corrected chi connectivity index (χ3v) is 3.62. The number of hydrogen-bond donors (Lipinski definition) is 2. The van der Waals surface area contributed by atoms with Crippen LogP contribution in [-0.4, -0.2) is 29.3 Å². The van der Waals surface area contributed by atoms with Crippen LogP contribution in [0.15, 0.2) is 34.7 Å². The molecule has 0 fully saturated rings. The molecule has 6 nitrogen and oxygen atoms in total. The summed E-state index contributed by atoms with van der Waals surface area (Å²) in [5.41, 5.74) is 4.51. The van der Waals surface area contributed by atoms with Crippen LogP contribution < -0.4 is 15.5 Å². The van der Waals surface area contributed by atoms with Gasteiger partial charge in [0.1, 0.15) is 5.75 Å². The van der Waals surface area contributed by atoms with E-state index in [2.05, 4.69) is 20.8 Å². The van der Waals surface area contributed by atoms with Crippen molar-refractivity contribution in [3.63, 3.8) is 0 Å². The lowest BCUT2D eigenvalue weighted by Gasteiger charge is -2.20. The molecule has 0 atom stereocenters. The minimum atomic E-state index is -0.260. The fraction of sp³-hybridized carbons (Fsp3) is 0.353. The van der Waals surface area contributed by atoms with Crippen LogP contribution in [0, 0.1) is 6.92 Å². The summed E-state index contributed by atoms with van der Waals surface area (Å²) in [7, 11) is 0. The van der Waals surface area contributed by atoms with E-state index in [-0.39, 0.29) is 18.1 Å². The summed E-state index contributed by atoms with van der Waals surface area (Å²) in [5.74, 6) is 0.496. The van der Waals surface area contributed by atoms with Gasteiger partial charge >= 0.3 is 0 Å². The molecule has 0 saturated carbocycles. The van der Waals surface area contributed by atoms with Gasteiger partial charge in [0.25, 0.3) is 5.91 Å². The zero-order chi connectivity index (χ0) is 17.6. The number of carbonyl (C=O) groups excluding carboxylic acids is 1. The molecule has 0 aliphatic rings. The molecule has 0 unspecified atom stereocenters. The number of thiazole rings is 1. The van der Waals surface area contributed by atoms with Gasteiger partial charge in [-0.2, -0.15) is 5.10 Å². The summed E-state index contributed by atoms with van der Waals surface area (Å²) in [6.45, 7) is 7.72. The van der Waals surface area contributed by atoms with Crippen molar-refractivity contribution in [2.45, 2.75) is 33.2 Å². The van der Waals surface area contributed by atoms with Gasteiger partial charge in [0, 0.05) is 10.9 Å². The van der Waals surface area contributed by atoms with E-state index in [0.717, 1.165) is 16.4 Å². The van der Waals surface area contributed by atoms with Gasteiger partial charge in [0.05, 0.1) is 11.9 Å². The number of carbonyl (C=O) groups is 1. The van der Waals surface area contributed by atoms with Gasteiger partial charge in [-0.05, 0) is 57.5 Å². The Kier molecular flexibility index (Phi) is 5.92. The molecular formula is C17H22N4O2S. The molecule has 0 aliphatic carbocycles. The van der Waals surface area contributed by atoms with Crippen LogP contribution >= 0.6 is 11.3 Å². The van der Waals surface area contributed by atoms with Crippen molar-refractivity contribution in [1.82, 2.24) is 10.3 Å².